The first-order valence-electron chi connectivity index (χ1n) is 6.13. The van der Waals surface area contributed by atoms with Crippen LogP contribution in [0.2, 0.25) is 0 Å². The summed E-state index contributed by atoms with van der Waals surface area (Å²) in [7, 11) is -1.33. The van der Waals surface area contributed by atoms with Crippen molar-refractivity contribution in [2.45, 2.75) is 25.1 Å². The van der Waals surface area contributed by atoms with E-state index in [4.69, 9.17) is 0 Å². The predicted molar refractivity (Wildman–Crippen MR) is 72.3 cm³/mol. The highest BCUT2D eigenvalue weighted by Crippen LogP contribution is 2.29. The van der Waals surface area contributed by atoms with E-state index in [1.54, 1.807) is 7.05 Å². The van der Waals surface area contributed by atoms with Gasteiger partial charge in [-0.15, -0.1) is 0 Å². The lowest BCUT2D eigenvalue weighted by molar-refractivity contribution is -0.137. The molecule has 1 N–H and O–H groups in total. The van der Waals surface area contributed by atoms with Crippen LogP contribution >= 0.6 is 0 Å². The summed E-state index contributed by atoms with van der Waals surface area (Å²) in [4.78, 5) is 0. The minimum Gasteiger partial charge on any atom is -0.317 e. The van der Waals surface area contributed by atoms with Gasteiger partial charge in [0.25, 0.3) is 0 Å². The van der Waals surface area contributed by atoms with Gasteiger partial charge in [-0.1, -0.05) is 12.1 Å². The largest absolute Gasteiger partial charge is 0.416 e. The molecule has 1 aromatic carbocycles. The number of halogens is 3. The third-order valence-corrected chi connectivity index (χ3v) is 3.99. The molecule has 114 valence electrons. The summed E-state index contributed by atoms with van der Waals surface area (Å²) in [6.07, 6.45) is -2.25. The summed E-state index contributed by atoms with van der Waals surface area (Å²) in [6.45, 7) is 0. The number of likely N-dealkylation sites (N-methyl/N-ethyl adjacent to an activating group) is 1. The number of nitrogens with one attached hydrogen (secondary N) is 1. The van der Waals surface area contributed by atoms with Crippen LogP contribution in [0.1, 0.15) is 17.5 Å². The first-order valence-corrected chi connectivity index (χ1v) is 8.19. The highest BCUT2D eigenvalue weighted by Gasteiger charge is 2.29. The van der Waals surface area contributed by atoms with Gasteiger partial charge >= 0.3 is 6.18 Å². The Bertz CT molecular complexity index is 524. The third-order valence-electron chi connectivity index (χ3n) is 3.01. The second kappa shape index (κ2) is 6.58. The number of alkyl halides is 3. The second-order valence-electron chi connectivity index (χ2n) is 4.80. The zero-order valence-electron chi connectivity index (χ0n) is 11.4. The summed E-state index contributed by atoms with van der Waals surface area (Å²) in [5, 5.41) is 2.98. The Hall–Kier alpha value is -1.08. The maximum Gasteiger partial charge on any atom is 0.416 e. The minimum absolute atomic E-state index is 0.0547. The van der Waals surface area contributed by atoms with Crippen molar-refractivity contribution in [2.24, 2.45) is 0 Å². The highest BCUT2D eigenvalue weighted by molar-refractivity contribution is 7.90. The zero-order valence-corrected chi connectivity index (χ0v) is 12.2. The molecule has 0 heterocycles. The van der Waals surface area contributed by atoms with Gasteiger partial charge in [0.2, 0.25) is 0 Å². The SMILES string of the molecule is CNC(CCS(C)(=O)=O)Cc1ccc(C(F)(F)F)cc1. The van der Waals surface area contributed by atoms with Crippen LogP contribution in [0.3, 0.4) is 0 Å². The molecule has 0 aliphatic rings. The molecule has 0 spiro atoms. The molecule has 0 saturated heterocycles. The summed E-state index contributed by atoms with van der Waals surface area (Å²) in [5.74, 6) is 0.0547. The Morgan fingerprint density at radius 1 is 1.20 bits per heavy atom. The van der Waals surface area contributed by atoms with E-state index in [-0.39, 0.29) is 11.8 Å². The Balaban J connectivity index is 2.66. The summed E-state index contributed by atoms with van der Waals surface area (Å²) >= 11 is 0. The molecular weight excluding hydrogens is 291 g/mol. The monoisotopic (exact) mass is 309 g/mol. The van der Waals surface area contributed by atoms with Crippen LogP contribution < -0.4 is 5.32 Å². The van der Waals surface area contributed by atoms with Crippen LogP contribution in [0, 0.1) is 0 Å². The van der Waals surface area contributed by atoms with E-state index in [2.05, 4.69) is 5.32 Å². The molecule has 0 bridgehead atoms. The minimum atomic E-state index is -4.34. The van der Waals surface area contributed by atoms with Gasteiger partial charge in [0.1, 0.15) is 9.84 Å². The molecular formula is C13H18F3NO2S. The van der Waals surface area contributed by atoms with Gasteiger partial charge in [0.15, 0.2) is 0 Å². The summed E-state index contributed by atoms with van der Waals surface area (Å²) in [5.41, 5.74) is 0.0595. The first kappa shape index (κ1) is 17.0. The molecule has 1 aromatic rings. The van der Waals surface area contributed by atoms with E-state index in [9.17, 15) is 21.6 Å². The standard InChI is InChI=1S/C13H18F3NO2S/c1-17-12(7-8-20(2,18)19)9-10-3-5-11(6-4-10)13(14,15)16/h3-6,12,17H,7-9H2,1-2H3. The second-order valence-corrected chi connectivity index (χ2v) is 7.06. The average Bonchev–Trinajstić information content (AvgIpc) is 2.33. The lowest BCUT2D eigenvalue weighted by Crippen LogP contribution is -2.29. The van der Waals surface area contributed by atoms with Crippen LogP contribution in [0.5, 0.6) is 0 Å². The third kappa shape index (κ3) is 5.92. The molecule has 1 atom stereocenters. The molecule has 0 aliphatic heterocycles. The smallest absolute Gasteiger partial charge is 0.317 e. The van der Waals surface area contributed by atoms with E-state index in [1.807, 2.05) is 0 Å². The van der Waals surface area contributed by atoms with E-state index in [0.29, 0.717) is 12.8 Å². The lowest BCUT2D eigenvalue weighted by Gasteiger charge is -2.16. The van der Waals surface area contributed by atoms with Crippen molar-refractivity contribution in [2.75, 3.05) is 19.1 Å². The van der Waals surface area contributed by atoms with Crippen molar-refractivity contribution in [3.63, 3.8) is 0 Å². The molecule has 0 aromatic heterocycles. The predicted octanol–water partition coefficient (Wildman–Crippen LogP) is 2.27. The van der Waals surface area contributed by atoms with Gasteiger partial charge in [0, 0.05) is 12.3 Å². The molecule has 0 amide bonds. The van der Waals surface area contributed by atoms with Crippen LogP contribution in [0.25, 0.3) is 0 Å². The van der Waals surface area contributed by atoms with E-state index >= 15 is 0 Å². The van der Waals surface area contributed by atoms with Crippen molar-refractivity contribution in [3.8, 4) is 0 Å². The summed E-state index contributed by atoms with van der Waals surface area (Å²) in [6, 6.07) is 4.85. The molecule has 7 heteroatoms. The van der Waals surface area contributed by atoms with E-state index in [0.717, 1.165) is 24.0 Å². The number of benzene rings is 1. The number of hydrogen-bond donors (Lipinski definition) is 1. The normalized spacial score (nSPS) is 14.2. The van der Waals surface area contributed by atoms with Gasteiger partial charge in [-0.2, -0.15) is 13.2 Å². The van der Waals surface area contributed by atoms with Crippen LogP contribution in [0.4, 0.5) is 13.2 Å². The Morgan fingerprint density at radius 3 is 2.15 bits per heavy atom. The van der Waals surface area contributed by atoms with Crippen LogP contribution in [-0.2, 0) is 22.4 Å². The maximum atomic E-state index is 12.4. The zero-order chi connectivity index (χ0) is 15.4. The van der Waals surface area contributed by atoms with Crippen molar-refractivity contribution in [3.05, 3.63) is 35.4 Å². The van der Waals surface area contributed by atoms with Gasteiger partial charge in [-0.3, -0.25) is 0 Å². The fourth-order valence-electron chi connectivity index (χ4n) is 1.82. The fraction of sp³-hybridized carbons (Fsp3) is 0.538. The molecule has 0 fully saturated rings. The quantitative estimate of drug-likeness (QED) is 0.877. The van der Waals surface area contributed by atoms with Gasteiger partial charge < -0.3 is 5.32 Å². The first-order chi connectivity index (χ1) is 9.12. The van der Waals surface area contributed by atoms with Gasteiger partial charge in [0.05, 0.1) is 11.3 Å². The van der Waals surface area contributed by atoms with Crippen molar-refractivity contribution >= 4 is 9.84 Å². The molecule has 0 saturated carbocycles. The molecule has 1 unspecified atom stereocenters. The topological polar surface area (TPSA) is 46.2 Å². The Kier molecular flexibility index (Phi) is 5.59. The average molecular weight is 309 g/mol. The number of rotatable bonds is 6. The van der Waals surface area contributed by atoms with Crippen molar-refractivity contribution < 1.29 is 21.6 Å². The van der Waals surface area contributed by atoms with E-state index < -0.39 is 21.6 Å². The number of sulfone groups is 1. The van der Waals surface area contributed by atoms with Gasteiger partial charge in [-0.25, -0.2) is 8.42 Å². The van der Waals surface area contributed by atoms with Crippen LogP contribution in [-0.4, -0.2) is 33.5 Å². The lowest BCUT2D eigenvalue weighted by atomic mass is 10.0. The molecule has 3 nitrogen and oxygen atoms in total. The molecule has 1 rings (SSSR count). The molecule has 20 heavy (non-hydrogen) atoms. The summed E-state index contributed by atoms with van der Waals surface area (Å²) < 4.78 is 59.5. The molecule has 0 aliphatic carbocycles. The van der Waals surface area contributed by atoms with Crippen LogP contribution in [0.15, 0.2) is 24.3 Å². The van der Waals surface area contributed by atoms with Crippen molar-refractivity contribution in [1.82, 2.24) is 5.32 Å². The molecule has 0 radical (unpaired) electrons. The maximum absolute atomic E-state index is 12.4. The highest BCUT2D eigenvalue weighted by atomic mass is 32.2. The van der Waals surface area contributed by atoms with Crippen molar-refractivity contribution in [1.29, 1.82) is 0 Å². The Labute approximate surface area is 117 Å². The Morgan fingerprint density at radius 2 is 1.75 bits per heavy atom. The van der Waals surface area contributed by atoms with E-state index in [1.165, 1.54) is 12.1 Å². The number of hydrogen-bond acceptors (Lipinski definition) is 3. The van der Waals surface area contributed by atoms with Gasteiger partial charge in [-0.05, 0) is 37.6 Å². The fourth-order valence-corrected chi connectivity index (χ4v) is 2.53.